The minimum absolute atomic E-state index is 0.0413. The lowest BCUT2D eigenvalue weighted by Crippen LogP contribution is -2.33. The number of fused-ring (bicyclic) bond motifs is 1. The van der Waals surface area contributed by atoms with E-state index in [0.717, 1.165) is 31.7 Å². The van der Waals surface area contributed by atoms with Crippen LogP contribution in [0.5, 0.6) is 0 Å². The zero-order chi connectivity index (χ0) is 16.5. The summed E-state index contributed by atoms with van der Waals surface area (Å²) in [6.45, 7) is 2.33. The molecule has 2 aromatic heterocycles. The van der Waals surface area contributed by atoms with Crippen molar-refractivity contribution in [2.75, 3.05) is 13.1 Å². The molecule has 0 amide bonds. The molecule has 0 saturated carbocycles. The number of halogens is 1. The van der Waals surface area contributed by atoms with Gasteiger partial charge in [-0.3, -0.25) is 14.3 Å². The van der Waals surface area contributed by atoms with Gasteiger partial charge in [-0.25, -0.2) is 9.37 Å². The predicted molar refractivity (Wildman–Crippen MR) is 88.2 cm³/mol. The van der Waals surface area contributed by atoms with E-state index >= 15 is 0 Å². The Morgan fingerprint density at radius 3 is 2.79 bits per heavy atom. The lowest BCUT2D eigenvalue weighted by Gasteiger charge is -2.26. The molecule has 1 saturated heterocycles. The summed E-state index contributed by atoms with van der Waals surface area (Å²) in [6, 6.07) is 8.22. The molecule has 1 aliphatic rings. The molecule has 124 valence electrons. The van der Waals surface area contributed by atoms with Crippen LogP contribution in [0.2, 0.25) is 0 Å². The molecule has 0 aliphatic carbocycles. The third kappa shape index (κ3) is 2.63. The molecular formula is C18H18FN3O2. The van der Waals surface area contributed by atoms with Crippen LogP contribution in [-0.2, 0) is 6.54 Å². The lowest BCUT2D eigenvalue weighted by atomic mass is 10.2. The Hall–Kier alpha value is -2.47. The SMILES string of the molecule is O=c1c2c(F)cccc2ncn1C[C@@H](c1ccco1)N1CCCC1. The summed E-state index contributed by atoms with van der Waals surface area (Å²) in [4.78, 5) is 19.2. The molecule has 0 unspecified atom stereocenters. The van der Waals surface area contributed by atoms with Gasteiger partial charge in [0.2, 0.25) is 0 Å². The van der Waals surface area contributed by atoms with Crippen LogP contribution < -0.4 is 5.56 Å². The number of hydrogen-bond donors (Lipinski definition) is 0. The number of aromatic nitrogens is 2. The van der Waals surface area contributed by atoms with Gasteiger partial charge in [0.15, 0.2) is 0 Å². The van der Waals surface area contributed by atoms with Gasteiger partial charge in [-0.05, 0) is 50.2 Å². The summed E-state index contributed by atoms with van der Waals surface area (Å²) >= 11 is 0. The van der Waals surface area contributed by atoms with Gasteiger partial charge in [-0.2, -0.15) is 0 Å². The summed E-state index contributed by atoms with van der Waals surface area (Å²) in [5.41, 5.74) is 0.0285. The van der Waals surface area contributed by atoms with Gasteiger partial charge >= 0.3 is 0 Å². The van der Waals surface area contributed by atoms with Crippen LogP contribution in [0.1, 0.15) is 24.6 Å². The van der Waals surface area contributed by atoms with Crippen LogP contribution in [0.3, 0.4) is 0 Å². The molecule has 24 heavy (non-hydrogen) atoms. The number of benzene rings is 1. The highest BCUT2D eigenvalue weighted by molar-refractivity contribution is 5.77. The Bertz CT molecular complexity index is 898. The molecule has 0 radical (unpaired) electrons. The average molecular weight is 327 g/mol. The quantitative estimate of drug-likeness (QED) is 0.739. The van der Waals surface area contributed by atoms with Crippen molar-refractivity contribution in [3.8, 4) is 0 Å². The molecule has 1 atom stereocenters. The van der Waals surface area contributed by atoms with E-state index in [1.54, 1.807) is 18.4 Å². The number of rotatable bonds is 4. The monoisotopic (exact) mass is 327 g/mol. The highest BCUT2D eigenvalue weighted by Crippen LogP contribution is 2.27. The van der Waals surface area contributed by atoms with E-state index in [9.17, 15) is 9.18 Å². The van der Waals surface area contributed by atoms with Gasteiger partial charge in [0.1, 0.15) is 17.0 Å². The van der Waals surface area contributed by atoms with Crippen LogP contribution in [-0.4, -0.2) is 27.5 Å². The molecular weight excluding hydrogens is 309 g/mol. The fraction of sp³-hybridized carbons (Fsp3) is 0.333. The van der Waals surface area contributed by atoms with E-state index in [1.165, 1.54) is 17.0 Å². The van der Waals surface area contributed by atoms with E-state index in [0.29, 0.717) is 12.1 Å². The number of furan rings is 1. The van der Waals surface area contributed by atoms with Crippen LogP contribution >= 0.6 is 0 Å². The second-order valence-corrected chi connectivity index (χ2v) is 6.11. The fourth-order valence-corrected chi connectivity index (χ4v) is 3.40. The predicted octanol–water partition coefficient (Wildman–Crippen LogP) is 2.97. The van der Waals surface area contributed by atoms with Crippen LogP contribution in [0, 0.1) is 5.82 Å². The topological polar surface area (TPSA) is 51.3 Å². The largest absolute Gasteiger partial charge is 0.468 e. The normalized spacial score (nSPS) is 16.7. The summed E-state index contributed by atoms with van der Waals surface area (Å²) in [7, 11) is 0. The molecule has 1 aliphatic heterocycles. The fourth-order valence-electron chi connectivity index (χ4n) is 3.40. The number of nitrogens with zero attached hydrogens (tertiary/aromatic N) is 3. The Labute approximate surface area is 138 Å². The van der Waals surface area contributed by atoms with Gasteiger partial charge in [0.05, 0.1) is 24.1 Å². The molecule has 3 aromatic rings. The first kappa shape index (κ1) is 15.1. The van der Waals surface area contributed by atoms with Gasteiger partial charge in [0.25, 0.3) is 5.56 Å². The van der Waals surface area contributed by atoms with Gasteiger partial charge < -0.3 is 4.42 Å². The average Bonchev–Trinajstić information content (AvgIpc) is 3.28. The van der Waals surface area contributed by atoms with Crippen molar-refractivity contribution < 1.29 is 8.81 Å². The zero-order valence-electron chi connectivity index (χ0n) is 13.2. The third-order valence-electron chi connectivity index (χ3n) is 4.63. The molecule has 0 bridgehead atoms. The second kappa shape index (κ2) is 6.20. The van der Waals surface area contributed by atoms with Crippen molar-refractivity contribution in [2.45, 2.75) is 25.4 Å². The Morgan fingerprint density at radius 1 is 1.21 bits per heavy atom. The first-order chi connectivity index (χ1) is 11.7. The lowest BCUT2D eigenvalue weighted by molar-refractivity contribution is 0.192. The number of hydrogen-bond acceptors (Lipinski definition) is 4. The molecule has 3 heterocycles. The third-order valence-corrected chi connectivity index (χ3v) is 4.63. The Morgan fingerprint density at radius 2 is 2.04 bits per heavy atom. The smallest absolute Gasteiger partial charge is 0.264 e. The maximum Gasteiger partial charge on any atom is 0.264 e. The van der Waals surface area contributed by atoms with Crippen molar-refractivity contribution in [3.63, 3.8) is 0 Å². The van der Waals surface area contributed by atoms with Crippen molar-refractivity contribution in [2.24, 2.45) is 0 Å². The van der Waals surface area contributed by atoms with Crippen LogP contribution in [0.4, 0.5) is 4.39 Å². The zero-order valence-corrected chi connectivity index (χ0v) is 13.2. The number of likely N-dealkylation sites (tertiary alicyclic amines) is 1. The van der Waals surface area contributed by atoms with Crippen molar-refractivity contribution >= 4 is 10.9 Å². The maximum atomic E-state index is 14.1. The van der Waals surface area contributed by atoms with Crippen molar-refractivity contribution in [1.29, 1.82) is 0 Å². The summed E-state index contributed by atoms with van der Waals surface area (Å²) < 4.78 is 21.1. The van der Waals surface area contributed by atoms with E-state index in [1.807, 2.05) is 12.1 Å². The van der Waals surface area contributed by atoms with E-state index < -0.39 is 5.82 Å². The maximum absolute atomic E-state index is 14.1. The first-order valence-electron chi connectivity index (χ1n) is 8.15. The van der Waals surface area contributed by atoms with E-state index in [2.05, 4.69) is 9.88 Å². The molecule has 0 N–H and O–H groups in total. The van der Waals surface area contributed by atoms with Crippen molar-refractivity contribution in [1.82, 2.24) is 14.5 Å². The van der Waals surface area contributed by atoms with E-state index in [-0.39, 0.29) is 17.0 Å². The minimum atomic E-state index is -0.532. The van der Waals surface area contributed by atoms with Crippen molar-refractivity contribution in [3.05, 3.63) is 64.9 Å². The summed E-state index contributed by atoms with van der Waals surface area (Å²) in [5.74, 6) is 0.285. The molecule has 1 fully saturated rings. The Kier molecular flexibility index (Phi) is 3.90. The molecule has 6 heteroatoms. The van der Waals surface area contributed by atoms with Crippen LogP contribution in [0.25, 0.3) is 10.9 Å². The van der Waals surface area contributed by atoms with Crippen LogP contribution in [0.15, 0.2) is 52.1 Å². The van der Waals surface area contributed by atoms with E-state index in [4.69, 9.17) is 4.42 Å². The molecule has 0 spiro atoms. The standard InChI is InChI=1S/C18H18FN3O2/c19-13-5-3-6-14-17(13)18(23)22(12-20-14)11-15(16-7-4-10-24-16)21-8-1-2-9-21/h3-7,10,12,15H,1-2,8-9,11H2/t15-/m0/s1. The van der Waals surface area contributed by atoms with Gasteiger partial charge in [-0.1, -0.05) is 6.07 Å². The summed E-state index contributed by atoms with van der Waals surface area (Å²) in [5, 5.41) is 0.0413. The first-order valence-corrected chi connectivity index (χ1v) is 8.15. The highest BCUT2D eigenvalue weighted by atomic mass is 19.1. The Balaban J connectivity index is 1.75. The van der Waals surface area contributed by atoms with Gasteiger partial charge in [-0.15, -0.1) is 0 Å². The molecule has 5 nitrogen and oxygen atoms in total. The van der Waals surface area contributed by atoms with Gasteiger partial charge in [0, 0.05) is 6.54 Å². The second-order valence-electron chi connectivity index (χ2n) is 6.11. The minimum Gasteiger partial charge on any atom is -0.468 e. The molecule has 1 aromatic carbocycles. The summed E-state index contributed by atoms with van der Waals surface area (Å²) in [6.07, 6.45) is 5.41. The highest BCUT2D eigenvalue weighted by Gasteiger charge is 2.26. The molecule has 4 rings (SSSR count).